The molecular formula is C9H14O3. The summed E-state index contributed by atoms with van der Waals surface area (Å²) in [5, 5.41) is 0. The molecule has 0 aliphatic carbocycles. The first-order valence-corrected chi connectivity index (χ1v) is 3.75. The van der Waals surface area contributed by atoms with Crippen LogP contribution in [-0.4, -0.2) is 18.2 Å². The third-order valence-electron chi connectivity index (χ3n) is 1.01. The normalized spacial score (nSPS) is 10.5. The van der Waals surface area contributed by atoms with E-state index in [1.165, 1.54) is 0 Å². The maximum absolute atomic E-state index is 10.7. The summed E-state index contributed by atoms with van der Waals surface area (Å²) in [5.41, 5.74) is -0.226. The average Bonchev–Trinajstić information content (AvgIpc) is 1.84. The number of rotatable bonds is 3. The summed E-state index contributed by atoms with van der Waals surface area (Å²) < 4.78 is 9.54. The van der Waals surface area contributed by atoms with E-state index in [1.54, 1.807) is 0 Å². The predicted octanol–water partition coefficient (Wildman–Crippen LogP) is 1.33. The number of carbonyl (C=O) groups is 1. The van der Waals surface area contributed by atoms with Gasteiger partial charge in [-0.15, -0.1) is 0 Å². The Morgan fingerprint density at radius 3 is 2.50 bits per heavy atom. The second-order valence-corrected chi connectivity index (χ2v) is 3.30. The molecule has 3 heteroatoms. The molecule has 0 fully saturated rings. The zero-order chi connectivity index (χ0) is 9.61. The predicted molar refractivity (Wildman–Crippen MR) is 45.2 cm³/mol. The van der Waals surface area contributed by atoms with Gasteiger partial charge in [0.15, 0.2) is 0 Å². The molecule has 0 aliphatic heterocycles. The summed E-state index contributed by atoms with van der Waals surface area (Å²) in [5.74, 6) is -0.429. The van der Waals surface area contributed by atoms with Crippen molar-refractivity contribution < 1.29 is 14.3 Å². The molecule has 0 aromatic rings. The Morgan fingerprint density at radius 2 is 2.08 bits per heavy atom. The molecule has 0 atom stereocenters. The zero-order valence-electron chi connectivity index (χ0n) is 7.72. The molecule has 0 aromatic carbocycles. The van der Waals surface area contributed by atoms with Crippen molar-refractivity contribution in [2.24, 2.45) is 0 Å². The molecule has 68 valence electrons. The van der Waals surface area contributed by atoms with Crippen molar-refractivity contribution in [2.75, 3.05) is 6.61 Å². The molecule has 0 saturated carbocycles. The molecule has 0 heterocycles. The van der Waals surface area contributed by atoms with E-state index in [4.69, 9.17) is 11.2 Å². The molecule has 0 aliphatic rings. The Morgan fingerprint density at radius 1 is 1.50 bits per heavy atom. The van der Waals surface area contributed by atoms with Gasteiger partial charge in [-0.1, -0.05) is 6.42 Å². The lowest BCUT2D eigenvalue weighted by molar-refractivity contribution is -0.139. The maximum atomic E-state index is 10.7. The Labute approximate surface area is 73.0 Å². The SMILES string of the molecule is C#COC(=O)CCOC(C)(C)C. The van der Waals surface area contributed by atoms with Crippen molar-refractivity contribution in [3.8, 4) is 12.5 Å². The molecule has 0 amide bonds. The number of terminal acetylenes is 1. The third-order valence-corrected chi connectivity index (χ3v) is 1.01. The second kappa shape index (κ2) is 4.78. The van der Waals surface area contributed by atoms with Crippen LogP contribution in [0.2, 0.25) is 0 Å². The highest BCUT2D eigenvalue weighted by Crippen LogP contribution is 2.06. The van der Waals surface area contributed by atoms with Crippen LogP contribution in [0.5, 0.6) is 0 Å². The molecule has 12 heavy (non-hydrogen) atoms. The fourth-order valence-electron chi connectivity index (χ4n) is 0.557. The standard InChI is InChI=1S/C9H14O3/c1-5-11-8(10)6-7-12-9(2,3)4/h1H,6-7H2,2-4H3. The number of carbonyl (C=O) groups excluding carboxylic acids is 1. The average molecular weight is 170 g/mol. The van der Waals surface area contributed by atoms with Crippen LogP contribution in [-0.2, 0) is 14.3 Å². The second-order valence-electron chi connectivity index (χ2n) is 3.30. The first kappa shape index (κ1) is 11.0. The van der Waals surface area contributed by atoms with Gasteiger partial charge in [-0.3, -0.25) is 4.79 Å². The van der Waals surface area contributed by atoms with Crippen molar-refractivity contribution in [3.63, 3.8) is 0 Å². The van der Waals surface area contributed by atoms with Gasteiger partial charge in [-0.05, 0) is 20.8 Å². The van der Waals surface area contributed by atoms with Gasteiger partial charge in [0.2, 0.25) is 0 Å². The molecule has 0 bridgehead atoms. The number of hydrogen-bond acceptors (Lipinski definition) is 3. The quantitative estimate of drug-likeness (QED) is 0.473. The third kappa shape index (κ3) is 7.10. The summed E-state index contributed by atoms with van der Waals surface area (Å²) in [6.45, 7) is 6.09. The maximum Gasteiger partial charge on any atom is 0.322 e. The van der Waals surface area contributed by atoms with E-state index in [1.807, 2.05) is 26.9 Å². The van der Waals surface area contributed by atoms with Crippen molar-refractivity contribution in [1.82, 2.24) is 0 Å². The lowest BCUT2D eigenvalue weighted by Crippen LogP contribution is -2.21. The van der Waals surface area contributed by atoms with Gasteiger partial charge < -0.3 is 9.47 Å². The monoisotopic (exact) mass is 170 g/mol. The summed E-state index contributed by atoms with van der Waals surface area (Å²) in [6, 6.07) is 0. The molecule has 0 spiro atoms. The van der Waals surface area contributed by atoms with Crippen molar-refractivity contribution >= 4 is 5.97 Å². The van der Waals surface area contributed by atoms with Crippen LogP contribution in [0.25, 0.3) is 0 Å². The van der Waals surface area contributed by atoms with Crippen LogP contribution >= 0.6 is 0 Å². The van der Waals surface area contributed by atoms with Crippen molar-refractivity contribution in [3.05, 3.63) is 0 Å². The zero-order valence-corrected chi connectivity index (χ0v) is 7.72. The van der Waals surface area contributed by atoms with E-state index < -0.39 is 5.97 Å². The molecule has 0 N–H and O–H groups in total. The van der Waals surface area contributed by atoms with Crippen LogP contribution in [0.3, 0.4) is 0 Å². The minimum atomic E-state index is -0.429. The van der Waals surface area contributed by atoms with E-state index in [9.17, 15) is 4.79 Å². The molecule has 3 nitrogen and oxygen atoms in total. The van der Waals surface area contributed by atoms with E-state index in [0.717, 1.165) is 0 Å². The minimum Gasteiger partial charge on any atom is -0.375 e. The van der Waals surface area contributed by atoms with Gasteiger partial charge in [0.1, 0.15) is 6.11 Å². The molecule has 0 radical (unpaired) electrons. The molecule has 0 unspecified atom stereocenters. The topological polar surface area (TPSA) is 35.5 Å². The van der Waals surface area contributed by atoms with Crippen LogP contribution < -0.4 is 0 Å². The first-order valence-electron chi connectivity index (χ1n) is 3.75. The van der Waals surface area contributed by atoms with Crippen LogP contribution in [0.1, 0.15) is 27.2 Å². The Bertz CT molecular complexity index is 183. The minimum absolute atomic E-state index is 0.196. The summed E-state index contributed by atoms with van der Waals surface area (Å²) in [7, 11) is 0. The van der Waals surface area contributed by atoms with Gasteiger partial charge in [-0.2, -0.15) is 0 Å². The smallest absolute Gasteiger partial charge is 0.322 e. The van der Waals surface area contributed by atoms with E-state index in [-0.39, 0.29) is 12.0 Å². The van der Waals surface area contributed by atoms with E-state index in [0.29, 0.717) is 6.61 Å². The summed E-state index contributed by atoms with van der Waals surface area (Å²) >= 11 is 0. The lowest BCUT2D eigenvalue weighted by Gasteiger charge is -2.18. The number of ether oxygens (including phenoxy) is 2. The molecule has 0 saturated heterocycles. The summed E-state index contributed by atoms with van der Waals surface area (Å²) in [6.07, 6.45) is 6.76. The van der Waals surface area contributed by atoms with Crippen LogP contribution in [0.15, 0.2) is 0 Å². The number of hydrogen-bond donors (Lipinski definition) is 0. The van der Waals surface area contributed by atoms with Crippen LogP contribution in [0.4, 0.5) is 0 Å². The first-order chi connectivity index (χ1) is 5.45. The highest BCUT2D eigenvalue weighted by molar-refractivity contribution is 5.70. The Kier molecular flexibility index (Phi) is 4.38. The van der Waals surface area contributed by atoms with Crippen molar-refractivity contribution in [2.45, 2.75) is 32.8 Å². The summed E-state index contributed by atoms with van der Waals surface area (Å²) in [4.78, 5) is 10.7. The molecular weight excluding hydrogens is 156 g/mol. The van der Waals surface area contributed by atoms with Gasteiger partial charge in [0.25, 0.3) is 0 Å². The van der Waals surface area contributed by atoms with Crippen molar-refractivity contribution in [1.29, 1.82) is 0 Å². The highest BCUT2D eigenvalue weighted by Gasteiger charge is 2.11. The Hall–Kier alpha value is -1.01. The molecule has 0 aromatic heterocycles. The van der Waals surface area contributed by atoms with Gasteiger partial charge in [-0.25, -0.2) is 0 Å². The number of esters is 1. The fraction of sp³-hybridized carbons (Fsp3) is 0.667. The van der Waals surface area contributed by atoms with Gasteiger partial charge in [0, 0.05) is 0 Å². The van der Waals surface area contributed by atoms with E-state index >= 15 is 0 Å². The van der Waals surface area contributed by atoms with Crippen LogP contribution in [0, 0.1) is 12.5 Å². The lowest BCUT2D eigenvalue weighted by atomic mass is 10.2. The van der Waals surface area contributed by atoms with Gasteiger partial charge >= 0.3 is 5.97 Å². The molecule has 0 rings (SSSR count). The van der Waals surface area contributed by atoms with E-state index in [2.05, 4.69) is 4.74 Å². The fourth-order valence-corrected chi connectivity index (χ4v) is 0.557. The van der Waals surface area contributed by atoms with Gasteiger partial charge in [0.05, 0.1) is 18.6 Å². The highest BCUT2D eigenvalue weighted by atomic mass is 16.5. The Balaban J connectivity index is 3.45. The largest absolute Gasteiger partial charge is 0.375 e.